The zero-order valence-electron chi connectivity index (χ0n) is 6.85. The lowest BCUT2D eigenvalue weighted by Crippen LogP contribution is -2.32. The van der Waals surface area contributed by atoms with Crippen LogP contribution in [0.25, 0.3) is 0 Å². The van der Waals surface area contributed by atoms with Crippen LogP contribution < -0.4 is 10.6 Å². The topological polar surface area (TPSA) is 29.1 Å². The van der Waals surface area contributed by atoms with Crippen molar-refractivity contribution < 1.29 is 4.79 Å². The summed E-state index contributed by atoms with van der Waals surface area (Å²) in [6, 6.07) is 6.07. The number of aryl methyl sites for hydroxylation is 1. The van der Waals surface area contributed by atoms with Crippen LogP contribution in [0.1, 0.15) is 15.9 Å². The van der Waals surface area contributed by atoms with E-state index in [0.717, 1.165) is 26.0 Å². The second-order valence-electron chi connectivity index (χ2n) is 2.91. The van der Waals surface area contributed by atoms with Gasteiger partial charge in [0.1, 0.15) is 0 Å². The first kappa shape index (κ1) is 7.75. The van der Waals surface area contributed by atoms with E-state index < -0.39 is 0 Å². The summed E-state index contributed by atoms with van der Waals surface area (Å²) in [5, 5.41) is 4.04. The standard InChI is InChI=1S/C9H10NOP/c1-6-2-3-8-7(4-6)9(11)10-5-12-8/h2-4,12H,5H2,1H3,(H,10,11). The first-order chi connectivity index (χ1) is 5.77. The van der Waals surface area contributed by atoms with Crippen LogP contribution in [0.5, 0.6) is 0 Å². The molecule has 0 saturated carbocycles. The Bertz CT molecular complexity index is 335. The van der Waals surface area contributed by atoms with Gasteiger partial charge in [0.05, 0.1) is 0 Å². The summed E-state index contributed by atoms with van der Waals surface area (Å²) in [7, 11) is 0.723. The smallest absolute Gasteiger partial charge is 0.252 e. The van der Waals surface area contributed by atoms with E-state index >= 15 is 0 Å². The highest BCUT2D eigenvalue weighted by Crippen LogP contribution is 2.17. The average Bonchev–Trinajstić information content (AvgIpc) is 2.07. The minimum absolute atomic E-state index is 0.0763. The van der Waals surface area contributed by atoms with Gasteiger partial charge in [-0.2, -0.15) is 0 Å². The van der Waals surface area contributed by atoms with Gasteiger partial charge in [-0.15, -0.1) is 0 Å². The zero-order chi connectivity index (χ0) is 8.55. The molecule has 0 aromatic heterocycles. The Balaban J connectivity index is 2.54. The summed E-state index contributed by atoms with van der Waals surface area (Å²) < 4.78 is 0. The van der Waals surface area contributed by atoms with Crippen LogP contribution in [0.15, 0.2) is 18.2 Å². The van der Waals surface area contributed by atoms with Gasteiger partial charge in [0.25, 0.3) is 5.91 Å². The molecule has 1 atom stereocenters. The Morgan fingerprint density at radius 1 is 1.50 bits per heavy atom. The SMILES string of the molecule is Cc1ccc2c(c1)C(=O)NCP2. The van der Waals surface area contributed by atoms with Crippen molar-refractivity contribution in [2.75, 3.05) is 6.29 Å². The van der Waals surface area contributed by atoms with Crippen molar-refractivity contribution in [1.29, 1.82) is 0 Å². The Morgan fingerprint density at radius 2 is 2.33 bits per heavy atom. The summed E-state index contributed by atoms with van der Waals surface area (Å²) >= 11 is 0. The van der Waals surface area contributed by atoms with E-state index in [9.17, 15) is 4.79 Å². The Hall–Kier alpha value is -0.880. The number of rotatable bonds is 0. The summed E-state index contributed by atoms with van der Waals surface area (Å²) in [5.41, 5.74) is 2.01. The van der Waals surface area contributed by atoms with E-state index in [-0.39, 0.29) is 5.91 Å². The second-order valence-corrected chi connectivity index (χ2v) is 4.15. The van der Waals surface area contributed by atoms with E-state index in [1.165, 1.54) is 5.30 Å². The molecule has 3 heteroatoms. The molecule has 12 heavy (non-hydrogen) atoms. The number of fused-ring (bicyclic) bond motifs is 1. The number of benzene rings is 1. The van der Waals surface area contributed by atoms with Crippen molar-refractivity contribution in [1.82, 2.24) is 5.32 Å². The molecular weight excluding hydrogens is 169 g/mol. The van der Waals surface area contributed by atoms with Crippen molar-refractivity contribution in [3.05, 3.63) is 29.3 Å². The molecule has 1 unspecified atom stereocenters. The molecule has 1 amide bonds. The van der Waals surface area contributed by atoms with Gasteiger partial charge in [-0.05, 0) is 18.3 Å². The summed E-state index contributed by atoms with van der Waals surface area (Å²) in [6.07, 6.45) is 0.800. The third kappa shape index (κ3) is 1.23. The molecule has 2 nitrogen and oxygen atoms in total. The second kappa shape index (κ2) is 2.87. The van der Waals surface area contributed by atoms with Gasteiger partial charge in [0.15, 0.2) is 0 Å². The van der Waals surface area contributed by atoms with Crippen LogP contribution in [0.3, 0.4) is 0 Å². The molecule has 1 aromatic carbocycles. The molecule has 1 aliphatic heterocycles. The molecule has 0 aliphatic carbocycles. The minimum atomic E-state index is 0.0763. The molecule has 0 saturated heterocycles. The molecule has 62 valence electrons. The Labute approximate surface area is 73.1 Å². The average molecular weight is 179 g/mol. The Morgan fingerprint density at radius 3 is 3.17 bits per heavy atom. The minimum Gasteiger partial charge on any atom is -0.348 e. The van der Waals surface area contributed by atoms with Gasteiger partial charge < -0.3 is 5.32 Å². The zero-order valence-corrected chi connectivity index (χ0v) is 7.85. The molecule has 0 radical (unpaired) electrons. The van der Waals surface area contributed by atoms with Gasteiger partial charge in [0.2, 0.25) is 0 Å². The summed E-state index contributed by atoms with van der Waals surface area (Å²) in [4.78, 5) is 11.3. The molecule has 0 fully saturated rings. The predicted molar refractivity (Wildman–Crippen MR) is 51.5 cm³/mol. The number of amides is 1. The van der Waals surface area contributed by atoms with Gasteiger partial charge in [-0.3, -0.25) is 4.79 Å². The third-order valence-electron chi connectivity index (χ3n) is 1.95. The van der Waals surface area contributed by atoms with E-state index in [4.69, 9.17) is 0 Å². The molecule has 1 heterocycles. The van der Waals surface area contributed by atoms with Crippen molar-refractivity contribution in [3.63, 3.8) is 0 Å². The number of nitrogens with one attached hydrogen (secondary N) is 1. The molecule has 0 bridgehead atoms. The van der Waals surface area contributed by atoms with Crippen molar-refractivity contribution in [2.24, 2.45) is 0 Å². The number of carbonyl (C=O) groups is 1. The van der Waals surface area contributed by atoms with E-state index in [0.29, 0.717) is 0 Å². The number of carbonyl (C=O) groups excluding carboxylic acids is 1. The molecule has 1 aliphatic rings. The third-order valence-corrected chi connectivity index (χ3v) is 3.12. The van der Waals surface area contributed by atoms with Crippen LogP contribution in [0.4, 0.5) is 0 Å². The summed E-state index contributed by atoms with van der Waals surface area (Å²) in [6.45, 7) is 2.01. The van der Waals surface area contributed by atoms with Crippen LogP contribution in [0.2, 0.25) is 0 Å². The van der Waals surface area contributed by atoms with E-state index in [2.05, 4.69) is 17.4 Å². The highest BCUT2D eigenvalue weighted by molar-refractivity contribution is 7.47. The van der Waals surface area contributed by atoms with E-state index in [1.807, 2.05) is 13.0 Å². The quantitative estimate of drug-likeness (QED) is 0.591. The highest BCUT2D eigenvalue weighted by atomic mass is 31.1. The van der Waals surface area contributed by atoms with Crippen LogP contribution in [0, 0.1) is 6.92 Å². The van der Waals surface area contributed by atoms with E-state index in [1.54, 1.807) is 0 Å². The maximum atomic E-state index is 11.3. The van der Waals surface area contributed by atoms with Crippen molar-refractivity contribution in [2.45, 2.75) is 6.92 Å². The van der Waals surface area contributed by atoms with Crippen LogP contribution in [-0.4, -0.2) is 12.2 Å². The maximum absolute atomic E-state index is 11.3. The lowest BCUT2D eigenvalue weighted by atomic mass is 10.1. The first-order valence-electron chi connectivity index (χ1n) is 3.90. The molecule has 1 aromatic rings. The van der Waals surface area contributed by atoms with Gasteiger partial charge in [-0.25, -0.2) is 0 Å². The van der Waals surface area contributed by atoms with Crippen LogP contribution >= 0.6 is 8.58 Å². The lowest BCUT2D eigenvalue weighted by Gasteiger charge is -2.16. The first-order valence-corrected chi connectivity index (χ1v) is 5.11. The van der Waals surface area contributed by atoms with Crippen LogP contribution in [-0.2, 0) is 0 Å². The fraction of sp³-hybridized carbons (Fsp3) is 0.222. The Kier molecular flexibility index (Phi) is 1.86. The summed E-state index contributed by atoms with van der Waals surface area (Å²) in [5.74, 6) is 0.0763. The molecular formula is C9H10NOP. The molecule has 1 N–H and O–H groups in total. The van der Waals surface area contributed by atoms with Gasteiger partial charge >= 0.3 is 0 Å². The largest absolute Gasteiger partial charge is 0.348 e. The maximum Gasteiger partial charge on any atom is 0.252 e. The predicted octanol–water partition coefficient (Wildman–Crippen LogP) is 1.000. The van der Waals surface area contributed by atoms with Crippen molar-refractivity contribution >= 4 is 19.8 Å². The van der Waals surface area contributed by atoms with Gasteiger partial charge in [0, 0.05) is 11.8 Å². The highest BCUT2D eigenvalue weighted by Gasteiger charge is 2.15. The lowest BCUT2D eigenvalue weighted by molar-refractivity contribution is 0.0960. The monoisotopic (exact) mass is 179 g/mol. The van der Waals surface area contributed by atoms with Gasteiger partial charge in [-0.1, -0.05) is 26.3 Å². The molecule has 2 rings (SSSR count). The fourth-order valence-electron chi connectivity index (χ4n) is 1.32. The van der Waals surface area contributed by atoms with Crippen molar-refractivity contribution in [3.8, 4) is 0 Å². The number of hydrogen-bond donors (Lipinski definition) is 1. The number of hydrogen-bond acceptors (Lipinski definition) is 1. The normalized spacial score (nSPS) is 17.2. The molecule has 0 spiro atoms. The fourth-order valence-corrected chi connectivity index (χ4v) is 2.33.